The number of carbonyl (C=O) groups is 1. The minimum atomic E-state index is -1.45. The zero-order chi connectivity index (χ0) is 22.8. The van der Waals surface area contributed by atoms with Crippen LogP contribution in [0.4, 0.5) is 0 Å². The molecule has 4 aliphatic carbocycles. The fourth-order valence-corrected chi connectivity index (χ4v) is 6.10. The largest absolute Gasteiger partial charge is 0.378 e. The topological polar surface area (TPSA) is 55.1 Å². The highest BCUT2D eigenvalue weighted by Crippen LogP contribution is 2.63. The van der Waals surface area contributed by atoms with Crippen molar-refractivity contribution in [3.63, 3.8) is 0 Å². The third kappa shape index (κ3) is 2.87. The van der Waals surface area contributed by atoms with E-state index in [9.17, 15) is 9.90 Å². The number of aldehydes is 1. The lowest BCUT2D eigenvalue weighted by Gasteiger charge is -2.55. The molecule has 166 valence electrons. The quantitative estimate of drug-likeness (QED) is 0.571. The van der Waals surface area contributed by atoms with Crippen molar-refractivity contribution in [3.05, 3.63) is 101 Å². The highest BCUT2D eigenvalue weighted by atomic mass is 16.3. The van der Waals surface area contributed by atoms with Crippen LogP contribution in [0, 0.1) is 17.3 Å². The van der Waals surface area contributed by atoms with E-state index < -0.39 is 11.5 Å². The molecule has 3 aromatic rings. The van der Waals surface area contributed by atoms with Crippen LogP contribution in [0.2, 0.25) is 0 Å². The molecule has 1 aromatic heterocycles. The Bertz CT molecular complexity index is 1290. The zero-order valence-electron chi connectivity index (χ0n) is 19.0. The summed E-state index contributed by atoms with van der Waals surface area (Å²) in [6, 6.07) is 19.9. The maximum absolute atomic E-state index is 12.4. The van der Waals surface area contributed by atoms with E-state index in [1.165, 1.54) is 0 Å². The lowest BCUT2D eigenvalue weighted by molar-refractivity contribution is -0.115. The van der Waals surface area contributed by atoms with Gasteiger partial charge in [0, 0.05) is 11.5 Å². The molecule has 0 amide bonds. The minimum Gasteiger partial charge on any atom is -0.378 e. The highest BCUT2D eigenvalue weighted by Gasteiger charge is 2.56. The van der Waals surface area contributed by atoms with Gasteiger partial charge in [0.2, 0.25) is 0 Å². The van der Waals surface area contributed by atoms with Crippen LogP contribution < -0.4 is 0 Å². The first-order valence-electron chi connectivity index (χ1n) is 11.8. The Morgan fingerprint density at radius 3 is 2.42 bits per heavy atom. The van der Waals surface area contributed by atoms with E-state index in [0.29, 0.717) is 11.8 Å². The molecule has 4 unspecified atom stereocenters. The van der Waals surface area contributed by atoms with Gasteiger partial charge in [-0.25, -0.2) is 4.68 Å². The number of para-hydroxylation sites is 1. The molecule has 0 saturated heterocycles. The second-order valence-corrected chi connectivity index (χ2v) is 10.3. The van der Waals surface area contributed by atoms with Crippen molar-refractivity contribution >= 4 is 11.9 Å². The van der Waals surface area contributed by atoms with E-state index in [2.05, 4.69) is 13.8 Å². The smallest absolute Gasteiger partial charge is 0.138 e. The average molecular weight is 437 g/mol. The Hall–Kier alpha value is -3.24. The molecule has 0 aliphatic heterocycles. The SMILES string of the molecule is CC1(C)C2Cc3c(nn(-c4ccccc4)c3C3(O)C=CC(c4ccccc4)=CC3C=O)C1C2. The summed E-state index contributed by atoms with van der Waals surface area (Å²) >= 11 is 0. The van der Waals surface area contributed by atoms with Crippen molar-refractivity contribution in [1.29, 1.82) is 0 Å². The van der Waals surface area contributed by atoms with E-state index in [1.54, 1.807) is 6.08 Å². The summed E-state index contributed by atoms with van der Waals surface area (Å²) in [5.41, 5.74) is 4.60. The van der Waals surface area contributed by atoms with Crippen molar-refractivity contribution in [3.8, 4) is 5.69 Å². The van der Waals surface area contributed by atoms with Gasteiger partial charge in [-0.05, 0) is 53.5 Å². The number of aliphatic hydroxyl groups is 1. The van der Waals surface area contributed by atoms with E-state index in [0.717, 1.165) is 52.9 Å². The van der Waals surface area contributed by atoms with Gasteiger partial charge >= 0.3 is 0 Å². The Kier molecular flexibility index (Phi) is 4.40. The number of carbonyl (C=O) groups excluding carboxylic acids is 1. The molecule has 4 aliphatic rings. The Morgan fingerprint density at radius 2 is 1.76 bits per heavy atom. The van der Waals surface area contributed by atoms with Crippen molar-refractivity contribution in [1.82, 2.24) is 9.78 Å². The maximum Gasteiger partial charge on any atom is 0.138 e. The molecular weight excluding hydrogens is 408 g/mol. The summed E-state index contributed by atoms with van der Waals surface area (Å²) in [5, 5.41) is 17.2. The summed E-state index contributed by atoms with van der Waals surface area (Å²) < 4.78 is 1.89. The molecule has 1 heterocycles. The summed E-state index contributed by atoms with van der Waals surface area (Å²) in [6.07, 6.45) is 8.54. The molecule has 1 fully saturated rings. The third-order valence-corrected chi connectivity index (χ3v) is 8.28. The van der Waals surface area contributed by atoms with Gasteiger partial charge in [0.25, 0.3) is 0 Å². The molecule has 4 heteroatoms. The lowest BCUT2D eigenvalue weighted by Crippen LogP contribution is -2.48. The van der Waals surface area contributed by atoms with E-state index in [1.807, 2.05) is 77.5 Å². The van der Waals surface area contributed by atoms with Gasteiger partial charge in [-0.1, -0.05) is 74.5 Å². The summed E-state index contributed by atoms with van der Waals surface area (Å²) in [5.74, 6) is 0.256. The number of benzene rings is 2. The number of nitrogens with zero attached hydrogens (tertiary/aromatic N) is 2. The first-order chi connectivity index (χ1) is 15.9. The fourth-order valence-electron chi connectivity index (χ4n) is 6.10. The van der Waals surface area contributed by atoms with Crippen LogP contribution in [-0.4, -0.2) is 21.2 Å². The number of allylic oxidation sites excluding steroid dienone is 2. The molecule has 4 atom stereocenters. The summed E-state index contributed by atoms with van der Waals surface area (Å²) in [7, 11) is 0. The standard InChI is InChI=1S/C29H28N2O2/c1-28(2)21-16-24-26(25(28)17-21)30-31(23-11-7-4-8-12-23)27(24)29(33)14-13-20(15-22(29)18-32)19-9-5-3-6-10-19/h3-15,18,21-22,25,33H,16-17H2,1-2H3. The van der Waals surface area contributed by atoms with E-state index in [4.69, 9.17) is 5.10 Å². The van der Waals surface area contributed by atoms with Gasteiger partial charge in [-0.2, -0.15) is 5.10 Å². The fraction of sp³-hybridized carbons (Fsp3) is 0.310. The molecule has 2 aromatic carbocycles. The first-order valence-corrected chi connectivity index (χ1v) is 11.8. The number of aromatic nitrogens is 2. The van der Waals surface area contributed by atoms with Gasteiger partial charge in [0.15, 0.2) is 0 Å². The molecule has 0 spiro atoms. The molecular formula is C29H28N2O2. The van der Waals surface area contributed by atoms with Gasteiger partial charge in [-0.3, -0.25) is 0 Å². The predicted octanol–water partition coefficient (Wildman–Crippen LogP) is 5.21. The van der Waals surface area contributed by atoms with Crippen LogP contribution in [0.15, 0.2) is 78.9 Å². The van der Waals surface area contributed by atoms with Crippen molar-refractivity contribution in [2.75, 3.05) is 0 Å². The maximum atomic E-state index is 12.4. The Morgan fingerprint density at radius 1 is 1.06 bits per heavy atom. The van der Waals surface area contributed by atoms with Crippen LogP contribution in [0.1, 0.15) is 48.7 Å². The lowest BCUT2D eigenvalue weighted by atomic mass is 9.48. The highest BCUT2D eigenvalue weighted by molar-refractivity contribution is 5.80. The molecule has 33 heavy (non-hydrogen) atoms. The number of hydrogen-bond acceptors (Lipinski definition) is 3. The Labute approximate surface area is 194 Å². The molecule has 1 N–H and O–H groups in total. The number of hydrogen-bond donors (Lipinski definition) is 1. The van der Waals surface area contributed by atoms with Crippen LogP contribution in [0.3, 0.4) is 0 Å². The molecule has 2 bridgehead atoms. The van der Waals surface area contributed by atoms with Gasteiger partial charge in [-0.15, -0.1) is 0 Å². The van der Waals surface area contributed by atoms with Crippen LogP contribution in [-0.2, 0) is 16.8 Å². The Balaban J connectivity index is 1.53. The van der Waals surface area contributed by atoms with E-state index in [-0.39, 0.29) is 5.41 Å². The van der Waals surface area contributed by atoms with Gasteiger partial charge < -0.3 is 9.90 Å². The monoisotopic (exact) mass is 436 g/mol. The second-order valence-electron chi connectivity index (χ2n) is 10.3. The predicted molar refractivity (Wildman–Crippen MR) is 129 cm³/mol. The van der Waals surface area contributed by atoms with Crippen LogP contribution >= 0.6 is 0 Å². The van der Waals surface area contributed by atoms with Crippen molar-refractivity contribution in [2.24, 2.45) is 17.3 Å². The summed E-state index contributed by atoms with van der Waals surface area (Å²) in [6.45, 7) is 4.66. The first kappa shape index (κ1) is 20.4. The normalized spacial score (nSPS) is 29.1. The second kappa shape index (κ2) is 7.13. The summed E-state index contributed by atoms with van der Waals surface area (Å²) in [4.78, 5) is 12.4. The van der Waals surface area contributed by atoms with Gasteiger partial charge in [0.05, 0.1) is 23.0 Å². The molecule has 7 rings (SSSR count). The average Bonchev–Trinajstić information content (AvgIpc) is 3.26. The van der Waals surface area contributed by atoms with Crippen molar-refractivity contribution in [2.45, 2.75) is 38.2 Å². The van der Waals surface area contributed by atoms with Crippen LogP contribution in [0.25, 0.3) is 11.3 Å². The third-order valence-electron chi connectivity index (χ3n) is 8.28. The van der Waals surface area contributed by atoms with E-state index >= 15 is 0 Å². The molecule has 0 radical (unpaired) electrons. The van der Waals surface area contributed by atoms with Gasteiger partial charge in [0.1, 0.15) is 11.9 Å². The molecule has 1 saturated carbocycles. The minimum absolute atomic E-state index is 0.218. The van der Waals surface area contributed by atoms with Crippen LogP contribution in [0.5, 0.6) is 0 Å². The molecule has 4 nitrogen and oxygen atoms in total. The zero-order valence-corrected chi connectivity index (χ0v) is 19.0. The van der Waals surface area contributed by atoms with Crippen molar-refractivity contribution < 1.29 is 9.90 Å². The number of rotatable bonds is 4.